The standard InChI is InChI=1S/C14H11FO3/c15-12-6-5-11(13(16)7-8-14(17)18)9-3-1-2-4-10(9)12/h1-6H,7-8H2,(H,17,18). The second-order valence-electron chi connectivity index (χ2n) is 3.96. The number of halogens is 1. The summed E-state index contributed by atoms with van der Waals surface area (Å²) in [6.07, 6.45) is -0.296. The summed E-state index contributed by atoms with van der Waals surface area (Å²) in [5, 5.41) is 9.45. The molecule has 0 atom stereocenters. The highest BCUT2D eigenvalue weighted by molar-refractivity contribution is 6.08. The Bertz CT molecular complexity index is 619. The van der Waals surface area contributed by atoms with Gasteiger partial charge in [0.25, 0.3) is 0 Å². The van der Waals surface area contributed by atoms with Crippen LogP contribution >= 0.6 is 0 Å². The summed E-state index contributed by atoms with van der Waals surface area (Å²) in [7, 11) is 0. The van der Waals surface area contributed by atoms with Gasteiger partial charge in [-0.3, -0.25) is 9.59 Å². The van der Waals surface area contributed by atoms with E-state index in [1.54, 1.807) is 24.3 Å². The summed E-state index contributed by atoms with van der Waals surface area (Å²) in [4.78, 5) is 22.3. The molecule has 0 unspecified atom stereocenters. The predicted molar refractivity (Wildman–Crippen MR) is 65.1 cm³/mol. The molecule has 0 bridgehead atoms. The third-order valence-corrected chi connectivity index (χ3v) is 2.74. The number of aliphatic carboxylic acids is 1. The largest absolute Gasteiger partial charge is 0.481 e. The van der Waals surface area contributed by atoms with E-state index in [0.29, 0.717) is 16.3 Å². The lowest BCUT2D eigenvalue weighted by atomic mass is 9.99. The molecule has 0 aliphatic carbocycles. The highest BCUT2D eigenvalue weighted by Gasteiger charge is 2.13. The van der Waals surface area contributed by atoms with Crippen molar-refractivity contribution in [2.24, 2.45) is 0 Å². The van der Waals surface area contributed by atoms with Gasteiger partial charge in [-0.1, -0.05) is 24.3 Å². The molecule has 0 saturated carbocycles. The van der Waals surface area contributed by atoms with Crippen molar-refractivity contribution in [2.45, 2.75) is 12.8 Å². The van der Waals surface area contributed by atoms with Crippen molar-refractivity contribution in [3.05, 3.63) is 47.8 Å². The first-order valence-electron chi connectivity index (χ1n) is 5.52. The number of rotatable bonds is 4. The number of ketones is 1. The van der Waals surface area contributed by atoms with Crippen molar-refractivity contribution >= 4 is 22.5 Å². The van der Waals surface area contributed by atoms with Gasteiger partial charge in [0, 0.05) is 17.4 Å². The Kier molecular flexibility index (Phi) is 3.37. The Morgan fingerprint density at radius 2 is 1.67 bits per heavy atom. The molecular formula is C14H11FO3. The second-order valence-corrected chi connectivity index (χ2v) is 3.96. The molecule has 2 aromatic carbocycles. The highest BCUT2D eigenvalue weighted by atomic mass is 19.1. The maximum Gasteiger partial charge on any atom is 0.303 e. The summed E-state index contributed by atoms with van der Waals surface area (Å²) in [6, 6.07) is 9.30. The summed E-state index contributed by atoms with van der Waals surface area (Å²) in [5.41, 5.74) is 0.369. The summed E-state index contributed by atoms with van der Waals surface area (Å²) < 4.78 is 13.5. The van der Waals surface area contributed by atoms with E-state index in [4.69, 9.17) is 5.11 Å². The maximum atomic E-state index is 13.5. The van der Waals surface area contributed by atoms with Crippen LogP contribution in [0.5, 0.6) is 0 Å². The zero-order valence-electron chi connectivity index (χ0n) is 9.52. The molecule has 2 aromatic rings. The number of fused-ring (bicyclic) bond motifs is 1. The number of carboxylic acid groups (broad SMARTS) is 1. The van der Waals surface area contributed by atoms with Gasteiger partial charge in [0.1, 0.15) is 5.82 Å². The SMILES string of the molecule is O=C(O)CCC(=O)c1ccc(F)c2ccccc12. The van der Waals surface area contributed by atoms with Crippen LogP contribution in [0.2, 0.25) is 0 Å². The van der Waals surface area contributed by atoms with Crippen LogP contribution in [0, 0.1) is 5.82 Å². The zero-order valence-corrected chi connectivity index (χ0v) is 9.52. The molecule has 0 aliphatic heterocycles. The van der Waals surface area contributed by atoms with Gasteiger partial charge in [0.2, 0.25) is 0 Å². The van der Waals surface area contributed by atoms with E-state index in [9.17, 15) is 14.0 Å². The van der Waals surface area contributed by atoms with Crippen LogP contribution in [-0.2, 0) is 4.79 Å². The van der Waals surface area contributed by atoms with Gasteiger partial charge in [-0.05, 0) is 17.5 Å². The molecule has 3 nitrogen and oxygen atoms in total. The molecule has 0 amide bonds. The zero-order chi connectivity index (χ0) is 13.1. The van der Waals surface area contributed by atoms with Gasteiger partial charge in [-0.2, -0.15) is 0 Å². The van der Waals surface area contributed by atoms with E-state index >= 15 is 0 Å². The first kappa shape index (κ1) is 12.2. The van der Waals surface area contributed by atoms with E-state index in [-0.39, 0.29) is 24.4 Å². The van der Waals surface area contributed by atoms with E-state index in [2.05, 4.69) is 0 Å². The van der Waals surface area contributed by atoms with Crippen LogP contribution in [0.1, 0.15) is 23.2 Å². The van der Waals surface area contributed by atoms with Crippen LogP contribution in [0.4, 0.5) is 4.39 Å². The molecule has 0 aliphatic rings. The van der Waals surface area contributed by atoms with Crippen LogP contribution in [0.15, 0.2) is 36.4 Å². The molecule has 0 radical (unpaired) electrons. The molecule has 18 heavy (non-hydrogen) atoms. The van der Waals surface area contributed by atoms with Gasteiger partial charge >= 0.3 is 5.97 Å². The Morgan fingerprint density at radius 1 is 1.00 bits per heavy atom. The van der Waals surface area contributed by atoms with Crippen LogP contribution in [0.25, 0.3) is 10.8 Å². The lowest BCUT2D eigenvalue weighted by molar-refractivity contribution is -0.136. The van der Waals surface area contributed by atoms with E-state index in [0.717, 1.165) is 0 Å². The number of carbonyl (C=O) groups is 2. The van der Waals surface area contributed by atoms with Gasteiger partial charge < -0.3 is 5.11 Å². The number of carboxylic acids is 1. The topological polar surface area (TPSA) is 54.4 Å². The number of benzene rings is 2. The first-order valence-corrected chi connectivity index (χ1v) is 5.52. The monoisotopic (exact) mass is 246 g/mol. The number of carbonyl (C=O) groups excluding carboxylic acids is 1. The quantitative estimate of drug-likeness (QED) is 0.843. The predicted octanol–water partition coefficient (Wildman–Crippen LogP) is 3.03. The molecule has 4 heteroatoms. The number of hydrogen-bond donors (Lipinski definition) is 1. The van der Waals surface area contributed by atoms with Crippen molar-refractivity contribution in [1.29, 1.82) is 0 Å². The molecule has 0 fully saturated rings. The van der Waals surface area contributed by atoms with Crippen LogP contribution < -0.4 is 0 Å². The average molecular weight is 246 g/mol. The van der Waals surface area contributed by atoms with Crippen molar-refractivity contribution in [2.75, 3.05) is 0 Å². The molecule has 1 N–H and O–H groups in total. The van der Waals surface area contributed by atoms with Crippen molar-refractivity contribution in [1.82, 2.24) is 0 Å². The lowest BCUT2D eigenvalue weighted by Gasteiger charge is -2.05. The van der Waals surface area contributed by atoms with Crippen molar-refractivity contribution in [3.8, 4) is 0 Å². The van der Waals surface area contributed by atoms with Crippen LogP contribution in [-0.4, -0.2) is 16.9 Å². The van der Waals surface area contributed by atoms with E-state index in [1.807, 2.05) is 0 Å². The summed E-state index contributed by atoms with van der Waals surface area (Å²) in [6.45, 7) is 0. The van der Waals surface area contributed by atoms with Crippen molar-refractivity contribution < 1.29 is 19.1 Å². The third-order valence-electron chi connectivity index (χ3n) is 2.74. The Hall–Kier alpha value is -2.23. The molecule has 92 valence electrons. The minimum absolute atomic E-state index is 0.0784. The second kappa shape index (κ2) is 4.96. The molecular weight excluding hydrogens is 235 g/mol. The van der Waals surface area contributed by atoms with Gasteiger partial charge in [0.15, 0.2) is 5.78 Å². The van der Waals surface area contributed by atoms with E-state index in [1.165, 1.54) is 12.1 Å². The average Bonchev–Trinajstić information content (AvgIpc) is 2.37. The van der Waals surface area contributed by atoms with E-state index < -0.39 is 5.97 Å². The number of hydrogen-bond acceptors (Lipinski definition) is 2. The fourth-order valence-electron chi connectivity index (χ4n) is 1.86. The third kappa shape index (κ3) is 2.37. The molecule has 0 spiro atoms. The molecule has 0 saturated heterocycles. The Morgan fingerprint density at radius 3 is 2.33 bits per heavy atom. The summed E-state index contributed by atoms with van der Waals surface area (Å²) >= 11 is 0. The first-order chi connectivity index (χ1) is 8.59. The lowest BCUT2D eigenvalue weighted by Crippen LogP contribution is -2.04. The number of Topliss-reactive ketones (excluding diaryl/α,β-unsaturated/α-hetero) is 1. The fraction of sp³-hybridized carbons (Fsp3) is 0.143. The smallest absolute Gasteiger partial charge is 0.303 e. The molecule has 0 aromatic heterocycles. The van der Waals surface area contributed by atoms with Gasteiger partial charge in [-0.15, -0.1) is 0 Å². The Labute approximate surface area is 103 Å². The minimum atomic E-state index is -1.02. The minimum Gasteiger partial charge on any atom is -0.481 e. The van der Waals surface area contributed by atoms with Gasteiger partial charge in [0.05, 0.1) is 6.42 Å². The summed E-state index contributed by atoms with van der Waals surface area (Å²) in [5.74, 6) is -1.69. The van der Waals surface area contributed by atoms with Crippen molar-refractivity contribution in [3.63, 3.8) is 0 Å². The molecule has 2 rings (SSSR count). The normalized spacial score (nSPS) is 10.5. The van der Waals surface area contributed by atoms with Crippen LogP contribution in [0.3, 0.4) is 0 Å². The maximum absolute atomic E-state index is 13.5. The molecule has 0 heterocycles. The Balaban J connectivity index is 2.42. The fourth-order valence-corrected chi connectivity index (χ4v) is 1.86. The highest BCUT2D eigenvalue weighted by Crippen LogP contribution is 2.23. The van der Waals surface area contributed by atoms with Gasteiger partial charge in [-0.25, -0.2) is 4.39 Å².